The third-order valence-electron chi connectivity index (χ3n) is 1.63. The SMILES string of the molecule is Cn1cc(C2CNC(=O)O2)nn1. The minimum absolute atomic E-state index is 0.286. The zero-order valence-electron chi connectivity index (χ0n) is 6.52. The van der Waals surface area contributed by atoms with Crippen molar-refractivity contribution in [1.82, 2.24) is 20.3 Å². The van der Waals surface area contributed by atoms with Crippen LogP contribution in [0.2, 0.25) is 0 Å². The van der Waals surface area contributed by atoms with Gasteiger partial charge in [0.25, 0.3) is 0 Å². The number of aryl methyl sites for hydroxylation is 1. The van der Waals surface area contributed by atoms with Gasteiger partial charge >= 0.3 is 6.09 Å². The topological polar surface area (TPSA) is 69.0 Å². The first kappa shape index (κ1) is 7.08. The lowest BCUT2D eigenvalue weighted by atomic mass is 10.3. The summed E-state index contributed by atoms with van der Waals surface area (Å²) in [6.45, 7) is 0.470. The van der Waals surface area contributed by atoms with Gasteiger partial charge in [-0.2, -0.15) is 0 Å². The number of hydrogen-bond acceptors (Lipinski definition) is 4. The van der Waals surface area contributed by atoms with Crippen LogP contribution in [0.3, 0.4) is 0 Å². The van der Waals surface area contributed by atoms with Crippen molar-refractivity contribution in [3.05, 3.63) is 11.9 Å². The molecule has 1 aliphatic rings. The summed E-state index contributed by atoms with van der Waals surface area (Å²) in [5, 5.41) is 10.1. The molecule has 2 heterocycles. The van der Waals surface area contributed by atoms with Crippen LogP contribution in [0.4, 0.5) is 4.79 Å². The molecule has 1 fully saturated rings. The van der Waals surface area contributed by atoms with Gasteiger partial charge < -0.3 is 10.1 Å². The third-order valence-corrected chi connectivity index (χ3v) is 1.63. The average Bonchev–Trinajstić information content (AvgIpc) is 2.58. The molecule has 6 heteroatoms. The van der Waals surface area contributed by atoms with E-state index in [1.54, 1.807) is 17.9 Å². The van der Waals surface area contributed by atoms with Gasteiger partial charge in [-0.15, -0.1) is 5.10 Å². The number of alkyl carbamates (subject to hydrolysis) is 1. The van der Waals surface area contributed by atoms with Crippen LogP contribution in [-0.4, -0.2) is 27.6 Å². The van der Waals surface area contributed by atoms with Crippen molar-refractivity contribution < 1.29 is 9.53 Å². The Hall–Kier alpha value is -1.59. The summed E-state index contributed by atoms with van der Waals surface area (Å²) in [4.78, 5) is 10.6. The van der Waals surface area contributed by atoms with E-state index in [0.29, 0.717) is 12.2 Å². The molecule has 0 aliphatic carbocycles. The summed E-state index contributed by atoms with van der Waals surface area (Å²) in [6, 6.07) is 0. The van der Waals surface area contributed by atoms with E-state index in [1.165, 1.54) is 0 Å². The molecule has 0 aromatic carbocycles. The average molecular weight is 168 g/mol. The van der Waals surface area contributed by atoms with Crippen molar-refractivity contribution in [2.75, 3.05) is 6.54 Å². The maximum Gasteiger partial charge on any atom is 0.408 e. The van der Waals surface area contributed by atoms with E-state index >= 15 is 0 Å². The second-order valence-corrected chi connectivity index (χ2v) is 2.59. The fraction of sp³-hybridized carbons (Fsp3) is 0.500. The molecule has 1 saturated heterocycles. The molecular formula is C6H8N4O2. The molecule has 0 bridgehead atoms. The monoisotopic (exact) mass is 168 g/mol. The predicted octanol–water partition coefficient (Wildman–Crippen LogP) is -0.404. The van der Waals surface area contributed by atoms with Crippen LogP contribution < -0.4 is 5.32 Å². The molecule has 64 valence electrons. The van der Waals surface area contributed by atoms with Crippen LogP contribution in [-0.2, 0) is 11.8 Å². The maximum atomic E-state index is 10.6. The van der Waals surface area contributed by atoms with Crippen molar-refractivity contribution in [1.29, 1.82) is 0 Å². The fourth-order valence-electron chi connectivity index (χ4n) is 1.07. The predicted molar refractivity (Wildman–Crippen MR) is 38.2 cm³/mol. The molecule has 0 saturated carbocycles. The number of carbonyl (C=O) groups excluding carboxylic acids is 1. The van der Waals surface area contributed by atoms with E-state index in [0.717, 1.165) is 0 Å². The van der Waals surface area contributed by atoms with Crippen molar-refractivity contribution in [2.24, 2.45) is 7.05 Å². The van der Waals surface area contributed by atoms with Crippen LogP contribution in [0, 0.1) is 0 Å². The minimum Gasteiger partial charge on any atom is -0.438 e. The smallest absolute Gasteiger partial charge is 0.408 e. The molecule has 2 rings (SSSR count). The lowest BCUT2D eigenvalue weighted by Gasteiger charge is -2.00. The summed E-state index contributed by atoms with van der Waals surface area (Å²) in [5.74, 6) is 0. The number of nitrogens with zero attached hydrogens (tertiary/aromatic N) is 3. The van der Waals surface area contributed by atoms with E-state index in [4.69, 9.17) is 4.74 Å². The molecule has 0 radical (unpaired) electrons. The Kier molecular flexibility index (Phi) is 1.46. The van der Waals surface area contributed by atoms with Gasteiger partial charge in [-0.05, 0) is 0 Å². The molecule has 1 aliphatic heterocycles. The van der Waals surface area contributed by atoms with Crippen LogP contribution >= 0.6 is 0 Å². The summed E-state index contributed by atoms with van der Waals surface area (Å²) in [6.07, 6.45) is 1.04. The van der Waals surface area contributed by atoms with Gasteiger partial charge in [0, 0.05) is 7.05 Å². The standard InChI is InChI=1S/C6H8N4O2/c1-10-3-4(8-9-10)5-2-7-6(11)12-5/h3,5H,2H2,1H3,(H,7,11). The quantitative estimate of drug-likeness (QED) is 0.619. The summed E-state index contributed by atoms with van der Waals surface area (Å²) in [5.41, 5.74) is 0.677. The second kappa shape index (κ2) is 2.47. The van der Waals surface area contributed by atoms with Crippen molar-refractivity contribution in [3.63, 3.8) is 0 Å². The van der Waals surface area contributed by atoms with Gasteiger partial charge in [0.2, 0.25) is 0 Å². The summed E-state index contributed by atoms with van der Waals surface area (Å²) < 4.78 is 6.47. The van der Waals surface area contributed by atoms with Crippen LogP contribution in [0.5, 0.6) is 0 Å². The third kappa shape index (κ3) is 1.11. The lowest BCUT2D eigenvalue weighted by molar-refractivity contribution is 0.139. The molecule has 6 nitrogen and oxygen atoms in total. The molecule has 1 amide bonds. The van der Waals surface area contributed by atoms with Gasteiger partial charge in [0.1, 0.15) is 5.69 Å². The Bertz CT molecular complexity index is 308. The normalized spacial score (nSPS) is 22.1. The van der Waals surface area contributed by atoms with Crippen molar-refractivity contribution in [3.8, 4) is 0 Å². The van der Waals surface area contributed by atoms with Crippen LogP contribution in [0.1, 0.15) is 11.8 Å². The Labute approximate surface area is 68.5 Å². The Balaban J connectivity index is 2.15. The van der Waals surface area contributed by atoms with E-state index in [1.807, 2.05) is 0 Å². The van der Waals surface area contributed by atoms with Crippen LogP contribution in [0.15, 0.2) is 6.20 Å². The number of hydrogen-bond donors (Lipinski definition) is 1. The molecular weight excluding hydrogens is 160 g/mol. The lowest BCUT2D eigenvalue weighted by Crippen LogP contribution is -2.12. The molecule has 1 aromatic rings. The zero-order valence-corrected chi connectivity index (χ0v) is 6.52. The number of carbonyl (C=O) groups is 1. The highest BCUT2D eigenvalue weighted by molar-refractivity contribution is 5.69. The number of ether oxygens (including phenoxy) is 1. The molecule has 1 N–H and O–H groups in total. The van der Waals surface area contributed by atoms with E-state index in [2.05, 4.69) is 15.6 Å². The molecule has 0 spiro atoms. The molecule has 1 atom stereocenters. The van der Waals surface area contributed by atoms with Gasteiger partial charge in [-0.3, -0.25) is 4.68 Å². The first-order chi connectivity index (χ1) is 5.75. The fourth-order valence-corrected chi connectivity index (χ4v) is 1.07. The van der Waals surface area contributed by atoms with Gasteiger partial charge in [0.05, 0.1) is 12.7 Å². The second-order valence-electron chi connectivity index (χ2n) is 2.59. The van der Waals surface area contributed by atoms with Crippen LogP contribution in [0.25, 0.3) is 0 Å². The summed E-state index contributed by atoms with van der Waals surface area (Å²) in [7, 11) is 1.76. The number of amides is 1. The number of rotatable bonds is 1. The summed E-state index contributed by atoms with van der Waals surface area (Å²) >= 11 is 0. The highest BCUT2D eigenvalue weighted by Gasteiger charge is 2.26. The van der Waals surface area contributed by atoms with Gasteiger partial charge in [-0.25, -0.2) is 4.79 Å². The number of aromatic nitrogens is 3. The largest absolute Gasteiger partial charge is 0.438 e. The van der Waals surface area contributed by atoms with E-state index in [9.17, 15) is 4.79 Å². The first-order valence-electron chi connectivity index (χ1n) is 3.56. The highest BCUT2D eigenvalue weighted by atomic mass is 16.6. The minimum atomic E-state index is -0.398. The molecule has 12 heavy (non-hydrogen) atoms. The van der Waals surface area contributed by atoms with Gasteiger partial charge in [0.15, 0.2) is 6.10 Å². The Morgan fingerprint density at radius 1 is 1.83 bits per heavy atom. The number of cyclic esters (lactones) is 1. The van der Waals surface area contributed by atoms with Gasteiger partial charge in [-0.1, -0.05) is 5.21 Å². The van der Waals surface area contributed by atoms with E-state index in [-0.39, 0.29) is 6.10 Å². The highest BCUT2D eigenvalue weighted by Crippen LogP contribution is 2.17. The Morgan fingerprint density at radius 3 is 3.17 bits per heavy atom. The zero-order chi connectivity index (χ0) is 8.55. The number of nitrogens with one attached hydrogen (secondary N) is 1. The molecule has 1 unspecified atom stereocenters. The van der Waals surface area contributed by atoms with E-state index < -0.39 is 6.09 Å². The molecule has 1 aromatic heterocycles. The van der Waals surface area contributed by atoms with Crippen molar-refractivity contribution in [2.45, 2.75) is 6.10 Å². The first-order valence-corrected chi connectivity index (χ1v) is 3.56. The van der Waals surface area contributed by atoms with Crippen molar-refractivity contribution >= 4 is 6.09 Å². The Morgan fingerprint density at radius 2 is 2.67 bits per heavy atom. The maximum absolute atomic E-state index is 10.6.